The summed E-state index contributed by atoms with van der Waals surface area (Å²) >= 11 is 1.17. The van der Waals surface area contributed by atoms with Gasteiger partial charge in [-0.1, -0.05) is 53.8 Å². The number of amides is 1. The van der Waals surface area contributed by atoms with E-state index in [9.17, 15) is 9.59 Å². The standard InChI is InChI=1S/C20H18N2O3S/c1-13-19(14(2)23)26-20(21-13)22-18(24)12-25-17-10-8-16(9-11-17)15-6-4-3-5-7-15/h3-11H,12H2,1-2H3,(H,21,22,24). The first kappa shape index (κ1) is 17.8. The van der Waals surface area contributed by atoms with Gasteiger partial charge in [0, 0.05) is 6.92 Å². The molecule has 0 aliphatic heterocycles. The Bertz CT molecular complexity index is 918. The molecule has 0 aliphatic rings. The highest BCUT2D eigenvalue weighted by atomic mass is 32.1. The van der Waals surface area contributed by atoms with Crippen LogP contribution in [0, 0.1) is 6.92 Å². The Morgan fingerprint density at radius 3 is 2.31 bits per heavy atom. The van der Waals surface area contributed by atoms with E-state index in [4.69, 9.17) is 4.74 Å². The summed E-state index contributed by atoms with van der Waals surface area (Å²) in [6, 6.07) is 17.6. The number of nitrogens with one attached hydrogen (secondary N) is 1. The number of hydrogen-bond donors (Lipinski definition) is 1. The maximum Gasteiger partial charge on any atom is 0.264 e. The molecule has 0 atom stereocenters. The molecule has 5 nitrogen and oxygen atoms in total. The van der Waals surface area contributed by atoms with Crippen molar-refractivity contribution in [2.45, 2.75) is 13.8 Å². The molecule has 1 aromatic heterocycles. The number of aromatic nitrogens is 1. The summed E-state index contributed by atoms with van der Waals surface area (Å²) in [5, 5.41) is 3.06. The molecule has 0 bridgehead atoms. The predicted octanol–water partition coefficient (Wildman–Crippen LogP) is 4.34. The van der Waals surface area contributed by atoms with Gasteiger partial charge in [0.2, 0.25) is 0 Å². The van der Waals surface area contributed by atoms with Crippen molar-refractivity contribution in [1.29, 1.82) is 0 Å². The Balaban J connectivity index is 1.56. The highest BCUT2D eigenvalue weighted by molar-refractivity contribution is 7.17. The number of nitrogens with zero attached hydrogens (tertiary/aromatic N) is 1. The summed E-state index contributed by atoms with van der Waals surface area (Å²) in [7, 11) is 0. The van der Waals surface area contributed by atoms with Gasteiger partial charge in [-0.2, -0.15) is 0 Å². The Morgan fingerprint density at radius 1 is 1.04 bits per heavy atom. The molecule has 6 heteroatoms. The first-order chi connectivity index (χ1) is 12.5. The van der Waals surface area contributed by atoms with Gasteiger partial charge in [-0.15, -0.1) is 0 Å². The van der Waals surface area contributed by atoms with Crippen molar-refractivity contribution in [2.24, 2.45) is 0 Å². The molecule has 1 N–H and O–H groups in total. The van der Waals surface area contributed by atoms with Crippen molar-refractivity contribution in [1.82, 2.24) is 4.98 Å². The minimum Gasteiger partial charge on any atom is -0.484 e. The van der Waals surface area contributed by atoms with Crippen LogP contribution in [0.2, 0.25) is 0 Å². The number of hydrogen-bond acceptors (Lipinski definition) is 5. The zero-order chi connectivity index (χ0) is 18.5. The number of thiazole rings is 1. The van der Waals surface area contributed by atoms with Gasteiger partial charge in [-0.25, -0.2) is 4.98 Å². The van der Waals surface area contributed by atoms with Crippen molar-refractivity contribution in [2.75, 3.05) is 11.9 Å². The molecule has 3 rings (SSSR count). The molecule has 0 saturated carbocycles. The van der Waals surface area contributed by atoms with E-state index in [1.54, 1.807) is 6.92 Å². The van der Waals surface area contributed by atoms with Gasteiger partial charge < -0.3 is 4.74 Å². The van der Waals surface area contributed by atoms with E-state index in [1.165, 1.54) is 18.3 Å². The Morgan fingerprint density at radius 2 is 1.69 bits per heavy atom. The van der Waals surface area contributed by atoms with Crippen molar-refractivity contribution < 1.29 is 14.3 Å². The monoisotopic (exact) mass is 366 g/mol. The maximum absolute atomic E-state index is 12.0. The van der Waals surface area contributed by atoms with Crippen LogP contribution >= 0.6 is 11.3 Å². The number of aryl methyl sites for hydroxylation is 1. The number of ether oxygens (including phenoxy) is 1. The summed E-state index contributed by atoms with van der Waals surface area (Å²) in [5.41, 5.74) is 2.82. The van der Waals surface area contributed by atoms with Gasteiger partial charge >= 0.3 is 0 Å². The third-order valence-electron chi connectivity index (χ3n) is 3.69. The van der Waals surface area contributed by atoms with Crippen LogP contribution in [-0.2, 0) is 4.79 Å². The summed E-state index contributed by atoms with van der Waals surface area (Å²) in [4.78, 5) is 28.2. The zero-order valence-electron chi connectivity index (χ0n) is 14.5. The summed E-state index contributed by atoms with van der Waals surface area (Å²) < 4.78 is 5.51. The van der Waals surface area contributed by atoms with Gasteiger partial charge in [-0.3, -0.25) is 14.9 Å². The van der Waals surface area contributed by atoms with E-state index in [2.05, 4.69) is 10.3 Å². The lowest BCUT2D eigenvalue weighted by Crippen LogP contribution is -2.20. The lowest BCUT2D eigenvalue weighted by Gasteiger charge is -2.07. The van der Waals surface area contributed by atoms with Crippen LogP contribution in [0.1, 0.15) is 22.3 Å². The van der Waals surface area contributed by atoms with E-state index < -0.39 is 0 Å². The number of ketones is 1. The molecule has 3 aromatic rings. The quantitative estimate of drug-likeness (QED) is 0.659. The third kappa shape index (κ3) is 4.34. The van der Waals surface area contributed by atoms with Gasteiger partial charge in [0.1, 0.15) is 5.75 Å². The van der Waals surface area contributed by atoms with E-state index in [0.29, 0.717) is 21.5 Å². The molecular formula is C20H18N2O3S. The maximum atomic E-state index is 12.0. The molecule has 2 aromatic carbocycles. The molecule has 132 valence electrons. The average molecular weight is 366 g/mol. The molecule has 0 unspecified atom stereocenters. The van der Waals surface area contributed by atoms with Crippen LogP contribution in [-0.4, -0.2) is 23.3 Å². The van der Waals surface area contributed by atoms with Crippen LogP contribution in [0.4, 0.5) is 5.13 Å². The SMILES string of the molecule is CC(=O)c1sc(NC(=O)COc2ccc(-c3ccccc3)cc2)nc1C. The van der Waals surface area contributed by atoms with Crippen molar-refractivity contribution in [3.63, 3.8) is 0 Å². The Hall–Kier alpha value is -2.99. The van der Waals surface area contributed by atoms with E-state index >= 15 is 0 Å². The van der Waals surface area contributed by atoms with Crippen LogP contribution in [0.25, 0.3) is 11.1 Å². The number of benzene rings is 2. The second-order valence-electron chi connectivity index (χ2n) is 5.72. The van der Waals surface area contributed by atoms with Crippen molar-refractivity contribution in [3.8, 4) is 16.9 Å². The smallest absolute Gasteiger partial charge is 0.264 e. The van der Waals surface area contributed by atoms with Crippen LogP contribution < -0.4 is 10.1 Å². The van der Waals surface area contributed by atoms with Gasteiger partial charge in [-0.05, 0) is 30.2 Å². The fraction of sp³-hybridized carbons (Fsp3) is 0.150. The van der Waals surface area contributed by atoms with Crippen LogP contribution in [0.5, 0.6) is 5.75 Å². The van der Waals surface area contributed by atoms with Crippen molar-refractivity contribution in [3.05, 3.63) is 65.2 Å². The summed E-state index contributed by atoms with van der Waals surface area (Å²) in [6.45, 7) is 3.10. The number of carbonyl (C=O) groups is 2. The van der Waals surface area contributed by atoms with E-state index in [-0.39, 0.29) is 18.3 Å². The zero-order valence-corrected chi connectivity index (χ0v) is 15.3. The second kappa shape index (κ2) is 7.93. The van der Waals surface area contributed by atoms with Crippen LogP contribution in [0.15, 0.2) is 54.6 Å². The molecular weight excluding hydrogens is 348 g/mol. The second-order valence-corrected chi connectivity index (χ2v) is 6.72. The first-order valence-electron chi connectivity index (χ1n) is 8.09. The predicted molar refractivity (Wildman–Crippen MR) is 103 cm³/mol. The highest BCUT2D eigenvalue weighted by Crippen LogP contribution is 2.24. The average Bonchev–Trinajstić information content (AvgIpc) is 3.01. The molecule has 0 aliphatic carbocycles. The fourth-order valence-corrected chi connectivity index (χ4v) is 3.33. The summed E-state index contributed by atoms with van der Waals surface area (Å²) in [5.74, 6) is 0.232. The van der Waals surface area contributed by atoms with E-state index in [0.717, 1.165) is 11.1 Å². The molecule has 1 amide bonds. The minimum absolute atomic E-state index is 0.0599. The molecule has 0 saturated heterocycles. The third-order valence-corrected chi connectivity index (χ3v) is 4.87. The lowest BCUT2D eigenvalue weighted by molar-refractivity contribution is -0.118. The molecule has 0 spiro atoms. The molecule has 1 heterocycles. The first-order valence-corrected chi connectivity index (χ1v) is 8.91. The normalized spacial score (nSPS) is 10.4. The number of rotatable bonds is 6. The fourth-order valence-electron chi connectivity index (χ4n) is 2.45. The largest absolute Gasteiger partial charge is 0.484 e. The van der Waals surface area contributed by atoms with Crippen LogP contribution in [0.3, 0.4) is 0 Å². The lowest BCUT2D eigenvalue weighted by atomic mass is 10.1. The molecule has 0 fully saturated rings. The van der Waals surface area contributed by atoms with Gasteiger partial charge in [0.15, 0.2) is 17.5 Å². The van der Waals surface area contributed by atoms with E-state index in [1.807, 2.05) is 54.6 Å². The molecule has 26 heavy (non-hydrogen) atoms. The Kier molecular flexibility index (Phi) is 5.43. The van der Waals surface area contributed by atoms with Gasteiger partial charge in [0.05, 0.1) is 10.6 Å². The number of carbonyl (C=O) groups excluding carboxylic acids is 2. The highest BCUT2D eigenvalue weighted by Gasteiger charge is 2.13. The molecule has 0 radical (unpaired) electrons. The number of anilines is 1. The van der Waals surface area contributed by atoms with Crippen molar-refractivity contribution >= 4 is 28.2 Å². The summed E-state index contributed by atoms with van der Waals surface area (Å²) in [6.07, 6.45) is 0. The Labute approximate surface area is 155 Å². The topological polar surface area (TPSA) is 68.3 Å². The van der Waals surface area contributed by atoms with Gasteiger partial charge in [0.25, 0.3) is 5.91 Å². The number of Topliss-reactive ketones (excluding diaryl/α,β-unsaturated/α-hetero) is 1. The minimum atomic E-state index is -0.319.